The number of carboxylic acid groups (broad SMARTS) is 1. The van der Waals surface area contributed by atoms with Crippen LogP contribution in [-0.4, -0.2) is 16.1 Å². The van der Waals surface area contributed by atoms with Crippen LogP contribution >= 0.6 is 0 Å². The molecule has 6 nitrogen and oxygen atoms in total. The zero-order chi connectivity index (χ0) is 13.5. The number of nitrogens with one attached hydrogen (secondary N) is 2. The van der Waals surface area contributed by atoms with Gasteiger partial charge in [0.25, 0.3) is 0 Å². The van der Waals surface area contributed by atoms with Gasteiger partial charge in [-0.3, -0.25) is 5.43 Å². The van der Waals surface area contributed by atoms with Gasteiger partial charge in [0.15, 0.2) is 0 Å². The number of aliphatic carboxylic acids is 1. The van der Waals surface area contributed by atoms with Gasteiger partial charge in [-0.2, -0.15) is 5.26 Å². The molecule has 1 aromatic rings. The molecule has 0 radical (unpaired) electrons. The molecule has 0 saturated carbocycles. The first-order chi connectivity index (χ1) is 8.58. The number of nitrogens with zero attached hydrogens (tertiary/aromatic N) is 2. The lowest BCUT2D eigenvalue weighted by Gasteiger charge is -2.12. The van der Waals surface area contributed by atoms with Crippen LogP contribution in [0.3, 0.4) is 0 Å². The van der Waals surface area contributed by atoms with Gasteiger partial charge in [-0.1, -0.05) is 6.92 Å². The van der Waals surface area contributed by atoms with Gasteiger partial charge in [0.2, 0.25) is 0 Å². The Morgan fingerprint density at radius 2 is 2.33 bits per heavy atom. The van der Waals surface area contributed by atoms with E-state index in [0.717, 1.165) is 0 Å². The Bertz CT molecular complexity index is 517. The second-order valence-corrected chi connectivity index (χ2v) is 3.55. The molecular weight excluding hydrogens is 232 g/mol. The zero-order valence-electron chi connectivity index (χ0n) is 10.2. The largest absolute Gasteiger partial charge is 0.478 e. The van der Waals surface area contributed by atoms with Crippen LogP contribution in [0.2, 0.25) is 0 Å². The topological polar surface area (TPSA) is 98.0 Å². The second kappa shape index (κ2) is 6.25. The van der Waals surface area contributed by atoms with Crippen LogP contribution in [0.5, 0.6) is 0 Å². The van der Waals surface area contributed by atoms with Gasteiger partial charge in [0.1, 0.15) is 5.82 Å². The Hall–Kier alpha value is -2.55. The van der Waals surface area contributed by atoms with Crippen molar-refractivity contribution in [2.45, 2.75) is 20.3 Å². The molecule has 3 N–H and O–H groups in total. The number of hydrazine groups is 1. The molecule has 0 unspecified atom stereocenters. The maximum Gasteiger partial charge on any atom is 0.333 e. The number of rotatable bonds is 5. The zero-order valence-corrected chi connectivity index (χ0v) is 10.2. The fraction of sp³-hybridized carbons (Fsp3) is 0.250. The highest BCUT2D eigenvalue weighted by molar-refractivity contribution is 5.86. The summed E-state index contributed by atoms with van der Waals surface area (Å²) in [5.41, 5.74) is 6.84. The van der Waals surface area contributed by atoms with Crippen molar-refractivity contribution in [3.63, 3.8) is 0 Å². The predicted octanol–water partition coefficient (Wildman–Crippen LogP) is 1.64. The molecule has 0 aromatic carbocycles. The van der Waals surface area contributed by atoms with Gasteiger partial charge in [0.05, 0.1) is 17.2 Å². The molecule has 0 aliphatic carbocycles. The van der Waals surface area contributed by atoms with E-state index < -0.39 is 5.97 Å². The average molecular weight is 246 g/mol. The van der Waals surface area contributed by atoms with Gasteiger partial charge in [-0.15, -0.1) is 0 Å². The number of carboxylic acids is 1. The van der Waals surface area contributed by atoms with Crippen LogP contribution in [0, 0.1) is 11.3 Å². The van der Waals surface area contributed by atoms with Crippen molar-refractivity contribution in [1.82, 2.24) is 10.4 Å². The summed E-state index contributed by atoms with van der Waals surface area (Å²) in [4.78, 5) is 14.8. The number of allylic oxidation sites excluding steroid dienone is 1. The van der Waals surface area contributed by atoms with E-state index >= 15 is 0 Å². The minimum absolute atomic E-state index is 0.237. The quantitative estimate of drug-likeness (QED) is 0.539. The van der Waals surface area contributed by atoms with E-state index in [1.54, 1.807) is 12.1 Å². The Morgan fingerprint density at radius 3 is 2.89 bits per heavy atom. The van der Waals surface area contributed by atoms with Gasteiger partial charge in [0, 0.05) is 11.9 Å². The van der Waals surface area contributed by atoms with Crippen LogP contribution in [0.15, 0.2) is 29.6 Å². The smallest absolute Gasteiger partial charge is 0.333 e. The van der Waals surface area contributed by atoms with Gasteiger partial charge in [-0.05, 0) is 25.5 Å². The van der Waals surface area contributed by atoms with Gasteiger partial charge in [-0.25, -0.2) is 9.78 Å². The summed E-state index contributed by atoms with van der Waals surface area (Å²) < 4.78 is 0. The highest BCUT2D eigenvalue weighted by Gasteiger charge is 2.07. The third-order valence-electron chi connectivity index (χ3n) is 2.36. The highest BCUT2D eigenvalue weighted by atomic mass is 16.4. The summed E-state index contributed by atoms with van der Waals surface area (Å²) in [7, 11) is 0. The monoisotopic (exact) mass is 246 g/mol. The SMILES string of the molecule is CCC(NNc1cc(C#N)ccn1)=C(C)C(=O)O. The number of hydrogen-bond donors (Lipinski definition) is 3. The summed E-state index contributed by atoms with van der Waals surface area (Å²) in [5.74, 6) is -0.516. The molecule has 1 heterocycles. The maximum absolute atomic E-state index is 10.8. The summed E-state index contributed by atoms with van der Waals surface area (Å²) in [5, 5.41) is 17.6. The Kier molecular flexibility index (Phi) is 4.69. The maximum atomic E-state index is 10.8. The molecule has 0 atom stereocenters. The summed E-state index contributed by atoms with van der Waals surface area (Å²) in [6.45, 7) is 3.37. The van der Waals surface area contributed by atoms with E-state index in [1.165, 1.54) is 13.1 Å². The fourth-order valence-electron chi connectivity index (χ4n) is 1.28. The second-order valence-electron chi connectivity index (χ2n) is 3.55. The summed E-state index contributed by atoms with van der Waals surface area (Å²) in [6, 6.07) is 5.15. The summed E-state index contributed by atoms with van der Waals surface area (Å²) in [6.07, 6.45) is 2.05. The number of pyridine rings is 1. The van der Waals surface area contributed by atoms with E-state index in [1.807, 2.05) is 13.0 Å². The van der Waals surface area contributed by atoms with Crippen LogP contribution in [0.25, 0.3) is 0 Å². The fourth-order valence-corrected chi connectivity index (χ4v) is 1.28. The van der Waals surface area contributed by atoms with E-state index in [9.17, 15) is 4.79 Å². The first-order valence-corrected chi connectivity index (χ1v) is 5.39. The summed E-state index contributed by atoms with van der Waals surface area (Å²) >= 11 is 0. The molecule has 1 rings (SSSR count). The lowest BCUT2D eigenvalue weighted by atomic mass is 10.2. The van der Waals surface area contributed by atoms with Gasteiger partial charge >= 0.3 is 5.97 Å². The van der Waals surface area contributed by atoms with Crippen molar-refractivity contribution in [3.05, 3.63) is 35.2 Å². The van der Waals surface area contributed by atoms with Crippen LogP contribution < -0.4 is 10.9 Å². The Labute approximate surface area is 105 Å². The molecule has 18 heavy (non-hydrogen) atoms. The normalized spacial score (nSPS) is 11.2. The molecule has 0 spiro atoms. The van der Waals surface area contributed by atoms with Crippen molar-refractivity contribution in [3.8, 4) is 6.07 Å². The minimum atomic E-state index is -0.972. The van der Waals surface area contributed by atoms with Crippen molar-refractivity contribution in [2.24, 2.45) is 0 Å². The highest BCUT2D eigenvalue weighted by Crippen LogP contribution is 2.08. The molecule has 0 fully saturated rings. The molecule has 1 aromatic heterocycles. The average Bonchev–Trinajstić information content (AvgIpc) is 2.39. The van der Waals surface area contributed by atoms with Crippen LogP contribution in [0.1, 0.15) is 25.8 Å². The number of hydrogen-bond acceptors (Lipinski definition) is 5. The first kappa shape index (κ1) is 13.5. The lowest BCUT2D eigenvalue weighted by molar-refractivity contribution is -0.132. The van der Waals surface area contributed by atoms with E-state index in [2.05, 4.69) is 15.8 Å². The van der Waals surface area contributed by atoms with Crippen molar-refractivity contribution < 1.29 is 9.90 Å². The first-order valence-electron chi connectivity index (χ1n) is 5.39. The molecule has 0 bridgehead atoms. The number of anilines is 1. The molecule has 0 aliphatic rings. The van der Waals surface area contributed by atoms with E-state index in [4.69, 9.17) is 10.4 Å². The van der Waals surface area contributed by atoms with E-state index in [0.29, 0.717) is 23.5 Å². The van der Waals surface area contributed by atoms with Crippen molar-refractivity contribution in [1.29, 1.82) is 5.26 Å². The van der Waals surface area contributed by atoms with Crippen LogP contribution in [-0.2, 0) is 4.79 Å². The van der Waals surface area contributed by atoms with Crippen molar-refractivity contribution >= 4 is 11.8 Å². The third-order valence-corrected chi connectivity index (χ3v) is 2.36. The minimum Gasteiger partial charge on any atom is -0.478 e. The number of carbonyl (C=O) groups is 1. The Balaban J connectivity index is 2.78. The number of aromatic nitrogens is 1. The molecule has 0 amide bonds. The molecule has 0 aliphatic heterocycles. The third kappa shape index (κ3) is 3.49. The van der Waals surface area contributed by atoms with E-state index in [-0.39, 0.29) is 5.57 Å². The molecule has 94 valence electrons. The molecular formula is C12H14N4O2. The lowest BCUT2D eigenvalue weighted by Crippen LogP contribution is -2.24. The molecule has 0 saturated heterocycles. The van der Waals surface area contributed by atoms with Gasteiger partial charge < -0.3 is 10.5 Å². The molecule has 6 heteroatoms. The number of nitriles is 1. The predicted molar refractivity (Wildman–Crippen MR) is 66.3 cm³/mol. The van der Waals surface area contributed by atoms with Crippen molar-refractivity contribution in [2.75, 3.05) is 5.43 Å². The standard InChI is InChI=1S/C12H14N4O2/c1-3-10(8(2)12(17)18)15-16-11-6-9(7-13)4-5-14-11/h4-6,15H,3H2,1-2H3,(H,14,16)(H,17,18). The van der Waals surface area contributed by atoms with Crippen LogP contribution in [0.4, 0.5) is 5.82 Å². The Morgan fingerprint density at radius 1 is 1.61 bits per heavy atom.